The van der Waals surface area contributed by atoms with Gasteiger partial charge in [0.1, 0.15) is 17.1 Å². The molecule has 0 saturated carbocycles. The van der Waals surface area contributed by atoms with Crippen LogP contribution in [-0.2, 0) is 14.3 Å². The molecule has 0 radical (unpaired) electrons. The molecule has 1 aliphatic rings. The molecule has 8 nitrogen and oxygen atoms in total. The van der Waals surface area contributed by atoms with Crippen molar-refractivity contribution in [3.05, 3.63) is 65.9 Å². The fraction of sp³-hybridized carbons (Fsp3) is 0.100. The lowest BCUT2D eigenvalue weighted by Crippen LogP contribution is -2.54. The minimum Gasteiger partial charge on any atom is -0.465 e. The van der Waals surface area contributed by atoms with Crippen molar-refractivity contribution < 1.29 is 28.3 Å². The van der Waals surface area contributed by atoms with E-state index in [1.54, 1.807) is 36.4 Å². The number of hydrogen-bond acceptors (Lipinski definition) is 6. The van der Waals surface area contributed by atoms with E-state index < -0.39 is 23.8 Å². The summed E-state index contributed by atoms with van der Waals surface area (Å²) < 4.78 is 10.5. The number of furan rings is 1. The molecular weight excluding hydrogens is 364 g/mol. The van der Waals surface area contributed by atoms with Crippen molar-refractivity contribution in [1.82, 2.24) is 10.2 Å². The standard InChI is InChI=1S/C20H16N2O6/c1-3-10-22-18(24)15(17(23)21-20(22)26)11-12-8-9-16(28-12)13-6-4-5-7-14(13)19(25)27-2/h3-9,11H,1,10H2,2H3,(H,21,23,26)/b15-11-. The van der Waals surface area contributed by atoms with Crippen LogP contribution in [0, 0.1) is 0 Å². The van der Waals surface area contributed by atoms with Crippen molar-refractivity contribution in [3.63, 3.8) is 0 Å². The van der Waals surface area contributed by atoms with Crippen molar-refractivity contribution in [2.24, 2.45) is 0 Å². The van der Waals surface area contributed by atoms with Crippen LogP contribution >= 0.6 is 0 Å². The first-order valence-electron chi connectivity index (χ1n) is 8.23. The lowest BCUT2D eigenvalue weighted by atomic mass is 10.1. The third kappa shape index (κ3) is 3.48. The van der Waals surface area contributed by atoms with Crippen molar-refractivity contribution >= 4 is 29.9 Å². The SMILES string of the molecule is C=CCN1C(=O)NC(=O)/C(=C/c2ccc(-c3ccccc3C(=O)OC)o2)C1=O. The van der Waals surface area contributed by atoms with E-state index in [1.807, 2.05) is 0 Å². The number of carbonyl (C=O) groups is 4. The minimum atomic E-state index is -0.816. The Kier molecular flexibility index (Phi) is 5.21. The summed E-state index contributed by atoms with van der Waals surface area (Å²) in [4.78, 5) is 49.0. The highest BCUT2D eigenvalue weighted by Crippen LogP contribution is 2.27. The number of methoxy groups -OCH3 is 1. The zero-order valence-corrected chi connectivity index (χ0v) is 14.9. The molecule has 1 aromatic heterocycles. The largest absolute Gasteiger partial charge is 0.465 e. The molecule has 2 aromatic rings. The van der Waals surface area contributed by atoms with E-state index >= 15 is 0 Å². The monoisotopic (exact) mass is 380 g/mol. The van der Waals surface area contributed by atoms with Crippen LogP contribution in [0.2, 0.25) is 0 Å². The Bertz CT molecular complexity index is 1020. The summed E-state index contributed by atoms with van der Waals surface area (Å²) in [5, 5.41) is 2.09. The third-order valence-electron chi connectivity index (χ3n) is 4.01. The van der Waals surface area contributed by atoms with Crippen molar-refractivity contribution in [2.75, 3.05) is 13.7 Å². The normalized spacial score (nSPS) is 15.5. The van der Waals surface area contributed by atoms with Crippen LogP contribution in [-0.4, -0.2) is 42.4 Å². The summed E-state index contributed by atoms with van der Waals surface area (Å²) in [7, 11) is 1.28. The number of hydrogen-bond donors (Lipinski definition) is 1. The van der Waals surface area contributed by atoms with E-state index in [1.165, 1.54) is 19.3 Å². The molecule has 8 heteroatoms. The number of nitrogens with zero attached hydrogens (tertiary/aromatic N) is 1. The van der Waals surface area contributed by atoms with Gasteiger partial charge in [0.2, 0.25) is 0 Å². The van der Waals surface area contributed by atoms with Crippen LogP contribution in [0.5, 0.6) is 0 Å². The Balaban J connectivity index is 1.96. The summed E-state index contributed by atoms with van der Waals surface area (Å²) in [6.45, 7) is 3.45. The Morgan fingerprint density at radius 3 is 2.68 bits per heavy atom. The number of barbiturate groups is 1. The zero-order valence-electron chi connectivity index (χ0n) is 14.9. The summed E-state index contributed by atoms with van der Waals surface area (Å²) >= 11 is 0. The summed E-state index contributed by atoms with van der Waals surface area (Å²) in [6, 6.07) is 9.05. The molecule has 1 aliphatic heterocycles. The number of urea groups is 1. The molecule has 4 amide bonds. The molecule has 1 saturated heterocycles. The molecule has 2 heterocycles. The van der Waals surface area contributed by atoms with Gasteiger partial charge in [-0.2, -0.15) is 0 Å². The van der Waals surface area contributed by atoms with Gasteiger partial charge in [-0.3, -0.25) is 19.8 Å². The van der Waals surface area contributed by atoms with Gasteiger partial charge in [0.15, 0.2) is 0 Å². The van der Waals surface area contributed by atoms with E-state index in [2.05, 4.69) is 11.9 Å². The summed E-state index contributed by atoms with van der Waals surface area (Å²) in [5.41, 5.74) is 0.568. The molecule has 1 aromatic carbocycles. The number of nitrogens with one attached hydrogen (secondary N) is 1. The van der Waals surface area contributed by atoms with Gasteiger partial charge in [-0.05, 0) is 24.3 Å². The van der Waals surface area contributed by atoms with Gasteiger partial charge in [0.25, 0.3) is 11.8 Å². The predicted octanol–water partition coefficient (Wildman–Crippen LogP) is 2.38. The molecule has 0 spiro atoms. The summed E-state index contributed by atoms with van der Waals surface area (Å²) in [5.74, 6) is -1.52. The van der Waals surface area contributed by atoms with Crippen molar-refractivity contribution in [3.8, 4) is 11.3 Å². The average molecular weight is 380 g/mol. The van der Waals surface area contributed by atoms with Crippen LogP contribution in [0.4, 0.5) is 4.79 Å². The number of amides is 4. The average Bonchev–Trinajstić information content (AvgIpc) is 3.16. The highest BCUT2D eigenvalue weighted by Gasteiger charge is 2.35. The van der Waals surface area contributed by atoms with Gasteiger partial charge in [0, 0.05) is 12.1 Å². The molecule has 142 valence electrons. The smallest absolute Gasteiger partial charge is 0.338 e. The second-order valence-electron chi connectivity index (χ2n) is 5.76. The van der Waals surface area contributed by atoms with Crippen molar-refractivity contribution in [2.45, 2.75) is 0 Å². The maximum Gasteiger partial charge on any atom is 0.338 e. The summed E-state index contributed by atoms with van der Waals surface area (Å²) in [6.07, 6.45) is 2.62. The predicted molar refractivity (Wildman–Crippen MR) is 98.9 cm³/mol. The van der Waals surface area contributed by atoms with Gasteiger partial charge in [-0.25, -0.2) is 9.59 Å². The van der Waals surface area contributed by atoms with E-state index in [4.69, 9.17) is 9.15 Å². The lowest BCUT2D eigenvalue weighted by molar-refractivity contribution is -0.129. The van der Waals surface area contributed by atoms with Gasteiger partial charge in [-0.15, -0.1) is 6.58 Å². The first-order chi connectivity index (χ1) is 13.5. The molecule has 0 atom stereocenters. The maximum absolute atomic E-state index is 12.4. The number of benzene rings is 1. The molecule has 0 aliphatic carbocycles. The Morgan fingerprint density at radius 1 is 1.21 bits per heavy atom. The zero-order chi connectivity index (χ0) is 20.3. The van der Waals surface area contributed by atoms with Crippen LogP contribution in [0.3, 0.4) is 0 Å². The molecule has 0 bridgehead atoms. The van der Waals surface area contributed by atoms with Crippen LogP contribution in [0.25, 0.3) is 17.4 Å². The second-order valence-corrected chi connectivity index (χ2v) is 5.76. The lowest BCUT2D eigenvalue weighted by Gasteiger charge is -2.24. The Labute approximate surface area is 160 Å². The molecule has 28 heavy (non-hydrogen) atoms. The van der Waals surface area contributed by atoms with E-state index in [-0.39, 0.29) is 17.9 Å². The van der Waals surface area contributed by atoms with Crippen LogP contribution in [0.1, 0.15) is 16.1 Å². The first-order valence-corrected chi connectivity index (χ1v) is 8.23. The van der Waals surface area contributed by atoms with Crippen LogP contribution in [0.15, 0.2) is 59.0 Å². The van der Waals surface area contributed by atoms with E-state index in [0.717, 1.165) is 4.90 Å². The number of rotatable bonds is 5. The molecule has 1 N–H and O–H groups in total. The van der Waals surface area contributed by atoms with E-state index in [9.17, 15) is 19.2 Å². The molecule has 0 unspecified atom stereocenters. The van der Waals surface area contributed by atoms with Crippen molar-refractivity contribution in [1.29, 1.82) is 0 Å². The highest BCUT2D eigenvalue weighted by atomic mass is 16.5. The van der Waals surface area contributed by atoms with E-state index in [0.29, 0.717) is 16.9 Å². The fourth-order valence-electron chi connectivity index (χ4n) is 2.69. The molecular formula is C20H16N2O6. The molecule has 3 rings (SSSR count). The van der Waals surface area contributed by atoms with Gasteiger partial charge in [0.05, 0.1) is 12.7 Å². The number of esters is 1. The minimum absolute atomic E-state index is 0.0365. The third-order valence-corrected chi connectivity index (χ3v) is 4.01. The number of ether oxygens (including phenoxy) is 1. The second kappa shape index (κ2) is 7.75. The fourth-order valence-corrected chi connectivity index (χ4v) is 2.69. The molecule has 1 fully saturated rings. The van der Waals surface area contributed by atoms with Gasteiger partial charge < -0.3 is 9.15 Å². The Morgan fingerprint density at radius 2 is 1.96 bits per heavy atom. The first kappa shape index (κ1) is 18.8. The number of carbonyl (C=O) groups excluding carboxylic acids is 4. The maximum atomic E-state index is 12.4. The van der Waals surface area contributed by atoms with Gasteiger partial charge in [-0.1, -0.05) is 24.3 Å². The number of imide groups is 2. The topological polar surface area (TPSA) is 106 Å². The van der Waals surface area contributed by atoms with Gasteiger partial charge >= 0.3 is 12.0 Å². The Hall–Kier alpha value is -3.94. The van der Waals surface area contributed by atoms with Crippen LogP contribution < -0.4 is 5.32 Å². The highest BCUT2D eigenvalue weighted by molar-refractivity contribution is 6.30. The quantitative estimate of drug-likeness (QED) is 0.369.